The van der Waals surface area contributed by atoms with Crippen molar-refractivity contribution in [2.24, 2.45) is 0 Å². The van der Waals surface area contributed by atoms with E-state index in [4.69, 9.17) is 20.4 Å². The molecule has 0 rings (SSSR count). The Balaban J connectivity index is 4.62. The molecule has 0 aliphatic heterocycles. The molecule has 25 heavy (non-hydrogen) atoms. The van der Waals surface area contributed by atoms with Gasteiger partial charge in [-0.1, -0.05) is 0 Å². The number of amides is 4. The van der Waals surface area contributed by atoms with Gasteiger partial charge in [-0.2, -0.15) is 0 Å². The number of rotatable bonds is 10. The lowest BCUT2D eigenvalue weighted by Crippen LogP contribution is -2.43. The second-order valence-corrected chi connectivity index (χ2v) is 5.18. The van der Waals surface area contributed by atoms with Crippen LogP contribution in [-0.4, -0.2) is 103 Å². The van der Waals surface area contributed by atoms with Crippen LogP contribution < -0.4 is 0 Å². The normalized spacial score (nSPS) is 11.4. The van der Waals surface area contributed by atoms with Crippen LogP contribution in [0, 0.1) is 0 Å². The van der Waals surface area contributed by atoms with Crippen molar-refractivity contribution in [3.05, 3.63) is 0 Å². The molecule has 0 aliphatic carbocycles. The molecular weight excluding hydrogens is 342 g/mol. The molecule has 0 bridgehead atoms. The van der Waals surface area contributed by atoms with Gasteiger partial charge in [0.05, 0.1) is 6.61 Å². The molecule has 0 radical (unpaired) electrons. The summed E-state index contributed by atoms with van der Waals surface area (Å²) in [7, 11) is 0. The molecule has 0 fully saturated rings. The highest BCUT2D eigenvalue weighted by molar-refractivity contribution is 5.85. The number of aliphatic hydroxyl groups excluding tert-OH is 1. The predicted octanol–water partition coefficient (Wildman–Crippen LogP) is 0.765. The van der Waals surface area contributed by atoms with Crippen LogP contribution in [0.3, 0.4) is 0 Å². The second-order valence-electron chi connectivity index (χ2n) is 5.18. The van der Waals surface area contributed by atoms with E-state index in [0.717, 1.165) is 9.80 Å². The van der Waals surface area contributed by atoms with Gasteiger partial charge < -0.3 is 35.3 Å². The fourth-order valence-corrected chi connectivity index (χ4v) is 2.11. The molecule has 5 N–H and O–H groups in total. The van der Waals surface area contributed by atoms with E-state index in [1.807, 2.05) is 0 Å². The Kier molecular flexibility index (Phi) is 9.71. The topological polar surface area (TPSA) is 179 Å². The smallest absolute Gasteiger partial charge is 0.416 e. The SMILES string of the molecule is CC(CCN(C(=O)O)C(=O)O)N(CCCN(CCO)C(=O)O)C(=O)O. The summed E-state index contributed by atoms with van der Waals surface area (Å²) >= 11 is 0. The van der Waals surface area contributed by atoms with Crippen molar-refractivity contribution in [2.75, 3.05) is 32.8 Å². The van der Waals surface area contributed by atoms with Gasteiger partial charge in [0.1, 0.15) is 0 Å². The van der Waals surface area contributed by atoms with E-state index in [2.05, 4.69) is 0 Å². The second kappa shape index (κ2) is 10.9. The Bertz CT molecular complexity index is 471. The van der Waals surface area contributed by atoms with Crippen molar-refractivity contribution in [1.29, 1.82) is 0 Å². The molecule has 0 aromatic heterocycles. The number of aliphatic hydroxyl groups is 1. The van der Waals surface area contributed by atoms with Crippen LogP contribution in [-0.2, 0) is 0 Å². The van der Waals surface area contributed by atoms with Gasteiger partial charge in [0.25, 0.3) is 0 Å². The van der Waals surface area contributed by atoms with Gasteiger partial charge in [-0.15, -0.1) is 0 Å². The summed E-state index contributed by atoms with van der Waals surface area (Å²) in [5.41, 5.74) is 0. The minimum absolute atomic E-state index is 0.0166. The van der Waals surface area contributed by atoms with Crippen molar-refractivity contribution >= 4 is 24.4 Å². The van der Waals surface area contributed by atoms with Gasteiger partial charge in [-0.25, -0.2) is 24.1 Å². The zero-order chi connectivity index (χ0) is 19.6. The first-order chi connectivity index (χ1) is 11.6. The quantitative estimate of drug-likeness (QED) is 0.373. The Labute approximate surface area is 143 Å². The van der Waals surface area contributed by atoms with E-state index in [1.54, 1.807) is 0 Å². The number of imide groups is 1. The molecule has 12 nitrogen and oxygen atoms in total. The first-order valence-corrected chi connectivity index (χ1v) is 7.43. The van der Waals surface area contributed by atoms with Crippen molar-refractivity contribution in [1.82, 2.24) is 14.7 Å². The molecule has 0 aromatic rings. The van der Waals surface area contributed by atoms with Crippen molar-refractivity contribution < 1.29 is 44.7 Å². The standard InChI is InChI=1S/C13H23N3O9/c1-9(3-6-16(12(22)23)13(24)25)15(11(20)21)5-2-4-14(7-8-17)10(18)19/h9,17H,2-8H2,1H3,(H,18,19)(H,20,21)(H,22,23)(H,24,25). The lowest BCUT2D eigenvalue weighted by molar-refractivity contribution is 0.106. The Morgan fingerprint density at radius 2 is 1.36 bits per heavy atom. The van der Waals surface area contributed by atoms with Gasteiger partial charge >= 0.3 is 24.4 Å². The lowest BCUT2D eigenvalue weighted by atomic mass is 10.2. The third-order valence-corrected chi connectivity index (χ3v) is 3.48. The molecular formula is C13H23N3O9. The molecule has 1 unspecified atom stereocenters. The molecule has 0 heterocycles. The molecule has 0 saturated carbocycles. The summed E-state index contributed by atoms with van der Waals surface area (Å²) in [6.07, 6.45) is -5.68. The predicted molar refractivity (Wildman–Crippen MR) is 82.9 cm³/mol. The highest BCUT2D eigenvalue weighted by atomic mass is 16.4. The average molecular weight is 365 g/mol. The van der Waals surface area contributed by atoms with Crippen LogP contribution in [0.2, 0.25) is 0 Å². The van der Waals surface area contributed by atoms with Crippen LogP contribution in [0.1, 0.15) is 19.8 Å². The number of carbonyl (C=O) groups is 4. The van der Waals surface area contributed by atoms with Gasteiger partial charge in [-0.3, -0.25) is 0 Å². The van der Waals surface area contributed by atoms with Crippen LogP contribution in [0.25, 0.3) is 0 Å². The van der Waals surface area contributed by atoms with Crippen LogP contribution in [0.15, 0.2) is 0 Å². The summed E-state index contributed by atoms with van der Waals surface area (Å²) < 4.78 is 0. The van der Waals surface area contributed by atoms with E-state index in [-0.39, 0.29) is 50.5 Å². The lowest BCUT2D eigenvalue weighted by Gasteiger charge is -2.28. The van der Waals surface area contributed by atoms with Crippen molar-refractivity contribution in [3.8, 4) is 0 Å². The number of hydrogen-bond acceptors (Lipinski definition) is 5. The number of nitrogens with zero attached hydrogens (tertiary/aromatic N) is 3. The molecule has 0 aromatic carbocycles. The maximum atomic E-state index is 11.3. The molecule has 0 saturated heterocycles. The summed E-state index contributed by atoms with van der Waals surface area (Å²) in [5, 5.41) is 44.4. The minimum atomic E-state index is -1.65. The molecule has 12 heteroatoms. The maximum absolute atomic E-state index is 11.3. The van der Waals surface area contributed by atoms with Gasteiger partial charge in [0.15, 0.2) is 0 Å². The zero-order valence-electron chi connectivity index (χ0n) is 13.7. The molecule has 0 aliphatic rings. The Morgan fingerprint density at radius 1 is 0.800 bits per heavy atom. The first-order valence-electron chi connectivity index (χ1n) is 7.43. The van der Waals surface area contributed by atoms with E-state index < -0.39 is 30.4 Å². The summed E-state index contributed by atoms with van der Waals surface area (Å²) in [5.74, 6) is 0. The fourth-order valence-electron chi connectivity index (χ4n) is 2.11. The maximum Gasteiger partial charge on any atom is 0.416 e. The molecule has 0 spiro atoms. The summed E-state index contributed by atoms with van der Waals surface area (Å²) in [4.78, 5) is 45.8. The minimum Gasteiger partial charge on any atom is -0.465 e. The number of carboxylic acid groups (broad SMARTS) is 4. The van der Waals surface area contributed by atoms with E-state index in [0.29, 0.717) is 0 Å². The van der Waals surface area contributed by atoms with Crippen molar-refractivity contribution in [2.45, 2.75) is 25.8 Å². The summed E-state index contributed by atoms with van der Waals surface area (Å²) in [6.45, 7) is 0.657. The third kappa shape index (κ3) is 8.06. The van der Waals surface area contributed by atoms with E-state index in [9.17, 15) is 24.3 Å². The number of hydrogen-bond donors (Lipinski definition) is 5. The third-order valence-electron chi connectivity index (χ3n) is 3.48. The molecule has 1 atom stereocenters. The van der Waals surface area contributed by atoms with Crippen LogP contribution in [0.5, 0.6) is 0 Å². The largest absolute Gasteiger partial charge is 0.465 e. The van der Waals surface area contributed by atoms with Gasteiger partial charge in [-0.05, 0) is 19.8 Å². The Hall–Kier alpha value is -2.76. The highest BCUT2D eigenvalue weighted by Gasteiger charge is 2.24. The van der Waals surface area contributed by atoms with Crippen LogP contribution >= 0.6 is 0 Å². The highest BCUT2D eigenvalue weighted by Crippen LogP contribution is 2.08. The Morgan fingerprint density at radius 3 is 1.76 bits per heavy atom. The average Bonchev–Trinajstić information content (AvgIpc) is 2.48. The molecule has 144 valence electrons. The fraction of sp³-hybridized carbons (Fsp3) is 0.692. The molecule has 4 amide bonds. The van der Waals surface area contributed by atoms with Crippen LogP contribution in [0.4, 0.5) is 19.2 Å². The van der Waals surface area contributed by atoms with Gasteiger partial charge in [0, 0.05) is 32.2 Å². The first kappa shape index (κ1) is 22.2. The van der Waals surface area contributed by atoms with Gasteiger partial charge in [0.2, 0.25) is 0 Å². The zero-order valence-corrected chi connectivity index (χ0v) is 13.7. The van der Waals surface area contributed by atoms with E-state index in [1.165, 1.54) is 6.92 Å². The van der Waals surface area contributed by atoms with E-state index >= 15 is 0 Å². The van der Waals surface area contributed by atoms with Crippen molar-refractivity contribution in [3.63, 3.8) is 0 Å². The summed E-state index contributed by atoms with van der Waals surface area (Å²) in [6, 6.07) is -0.671. The monoisotopic (exact) mass is 365 g/mol.